The van der Waals surface area contributed by atoms with E-state index in [1.807, 2.05) is 0 Å². The zero-order valence-electron chi connectivity index (χ0n) is 14.2. The van der Waals surface area contributed by atoms with Crippen LogP contribution >= 0.6 is 0 Å². The molecule has 2 rings (SSSR count). The van der Waals surface area contributed by atoms with Crippen LogP contribution in [0.3, 0.4) is 0 Å². The highest BCUT2D eigenvalue weighted by Crippen LogP contribution is 2.40. The summed E-state index contributed by atoms with van der Waals surface area (Å²) in [5.41, 5.74) is 6.64. The Morgan fingerprint density at radius 2 is 1.71 bits per heavy atom. The Balaban J connectivity index is 2.31. The van der Waals surface area contributed by atoms with E-state index in [9.17, 15) is 4.79 Å². The number of anilines is 1. The van der Waals surface area contributed by atoms with E-state index in [2.05, 4.69) is 0 Å². The summed E-state index contributed by atoms with van der Waals surface area (Å²) in [6.45, 7) is 1.67. The van der Waals surface area contributed by atoms with Gasteiger partial charge < -0.3 is 24.7 Å². The van der Waals surface area contributed by atoms with E-state index >= 15 is 0 Å². The van der Waals surface area contributed by atoms with Crippen LogP contribution in [0.4, 0.5) is 5.69 Å². The van der Waals surface area contributed by atoms with Gasteiger partial charge in [-0.1, -0.05) is 6.07 Å². The Kier molecular flexibility index (Phi) is 5.52. The van der Waals surface area contributed by atoms with Crippen molar-refractivity contribution in [3.63, 3.8) is 0 Å². The third-order valence-electron chi connectivity index (χ3n) is 3.51. The summed E-state index contributed by atoms with van der Waals surface area (Å²) in [5.74, 6) is 1.44. The molecule has 128 valence electrons. The van der Waals surface area contributed by atoms with Crippen LogP contribution < -0.4 is 24.7 Å². The third kappa shape index (κ3) is 3.53. The van der Waals surface area contributed by atoms with Gasteiger partial charge in [-0.15, -0.1) is 0 Å². The average molecular weight is 331 g/mol. The molecular weight excluding hydrogens is 310 g/mol. The molecule has 0 heterocycles. The standard InChI is InChI=1S/C18H21NO5/c1-11(24-13-7-5-6-12(19)10-13)16(20)14-8-9-15(21-2)18(23-4)17(14)22-3/h5-11H,19H2,1-4H3. The van der Waals surface area contributed by atoms with Gasteiger partial charge >= 0.3 is 0 Å². The van der Waals surface area contributed by atoms with Gasteiger partial charge in [0.1, 0.15) is 5.75 Å². The summed E-state index contributed by atoms with van der Waals surface area (Å²) in [7, 11) is 4.48. The molecule has 0 amide bonds. The largest absolute Gasteiger partial charge is 0.493 e. The topological polar surface area (TPSA) is 80.0 Å². The van der Waals surface area contributed by atoms with Crippen LogP contribution in [0.5, 0.6) is 23.0 Å². The quantitative estimate of drug-likeness (QED) is 0.621. The molecule has 2 aromatic carbocycles. The summed E-state index contributed by atoms with van der Waals surface area (Å²) >= 11 is 0. The molecule has 0 radical (unpaired) electrons. The fraction of sp³-hybridized carbons (Fsp3) is 0.278. The molecule has 0 saturated heterocycles. The number of benzene rings is 2. The first-order valence-electron chi connectivity index (χ1n) is 7.37. The van der Waals surface area contributed by atoms with Crippen molar-refractivity contribution in [2.75, 3.05) is 27.1 Å². The maximum Gasteiger partial charge on any atom is 0.206 e. The normalized spacial score (nSPS) is 11.5. The molecule has 0 fully saturated rings. The van der Waals surface area contributed by atoms with Crippen molar-refractivity contribution in [2.45, 2.75) is 13.0 Å². The van der Waals surface area contributed by atoms with E-state index < -0.39 is 6.10 Å². The van der Waals surface area contributed by atoms with Crippen LogP contribution in [0.25, 0.3) is 0 Å². The minimum atomic E-state index is -0.723. The minimum absolute atomic E-state index is 0.241. The smallest absolute Gasteiger partial charge is 0.206 e. The minimum Gasteiger partial charge on any atom is -0.493 e. The van der Waals surface area contributed by atoms with Crippen LogP contribution in [-0.4, -0.2) is 33.2 Å². The van der Waals surface area contributed by atoms with Gasteiger partial charge in [0, 0.05) is 11.8 Å². The molecule has 2 N–H and O–H groups in total. The second kappa shape index (κ2) is 7.59. The van der Waals surface area contributed by atoms with E-state index in [1.165, 1.54) is 21.3 Å². The second-order valence-electron chi connectivity index (χ2n) is 5.08. The summed E-state index contributed by atoms with van der Waals surface area (Å²) in [6, 6.07) is 10.2. The first-order chi connectivity index (χ1) is 11.5. The van der Waals surface area contributed by atoms with Crippen molar-refractivity contribution >= 4 is 11.5 Å². The highest BCUT2D eigenvalue weighted by atomic mass is 16.5. The van der Waals surface area contributed by atoms with Gasteiger partial charge in [-0.25, -0.2) is 0 Å². The fourth-order valence-electron chi connectivity index (χ4n) is 2.36. The van der Waals surface area contributed by atoms with E-state index in [0.29, 0.717) is 34.2 Å². The zero-order valence-corrected chi connectivity index (χ0v) is 14.2. The second-order valence-corrected chi connectivity index (χ2v) is 5.08. The van der Waals surface area contributed by atoms with Gasteiger partial charge in [0.2, 0.25) is 11.5 Å². The maximum atomic E-state index is 12.7. The number of carbonyl (C=O) groups is 1. The first-order valence-corrected chi connectivity index (χ1v) is 7.37. The van der Waals surface area contributed by atoms with Gasteiger partial charge in [-0.2, -0.15) is 0 Å². The Morgan fingerprint density at radius 3 is 2.29 bits per heavy atom. The Bertz CT molecular complexity index is 729. The Morgan fingerprint density at radius 1 is 1.00 bits per heavy atom. The summed E-state index contributed by atoms with van der Waals surface area (Å²) in [5, 5.41) is 0. The van der Waals surface area contributed by atoms with Crippen molar-refractivity contribution in [1.29, 1.82) is 0 Å². The number of nitrogen functional groups attached to an aromatic ring is 1. The van der Waals surface area contributed by atoms with Gasteiger partial charge in [0.05, 0.1) is 26.9 Å². The first kappa shape index (κ1) is 17.5. The van der Waals surface area contributed by atoms with Gasteiger partial charge in [-0.3, -0.25) is 4.79 Å². The van der Waals surface area contributed by atoms with E-state index in [1.54, 1.807) is 43.3 Å². The van der Waals surface area contributed by atoms with Crippen molar-refractivity contribution in [3.8, 4) is 23.0 Å². The molecule has 0 spiro atoms. The molecule has 1 atom stereocenters. The van der Waals surface area contributed by atoms with Crippen molar-refractivity contribution in [1.82, 2.24) is 0 Å². The zero-order chi connectivity index (χ0) is 17.7. The molecule has 0 aromatic heterocycles. The third-order valence-corrected chi connectivity index (χ3v) is 3.51. The number of methoxy groups -OCH3 is 3. The van der Waals surface area contributed by atoms with Crippen LogP contribution in [0.15, 0.2) is 36.4 Å². The highest BCUT2D eigenvalue weighted by Gasteiger charge is 2.25. The number of ether oxygens (including phenoxy) is 4. The average Bonchev–Trinajstić information content (AvgIpc) is 2.59. The van der Waals surface area contributed by atoms with Gasteiger partial charge in [0.15, 0.2) is 17.6 Å². The van der Waals surface area contributed by atoms with Crippen LogP contribution in [0.1, 0.15) is 17.3 Å². The molecular formula is C18H21NO5. The van der Waals surface area contributed by atoms with Crippen molar-refractivity contribution < 1.29 is 23.7 Å². The molecule has 0 aliphatic carbocycles. The molecule has 0 aliphatic rings. The number of nitrogens with two attached hydrogens (primary N) is 1. The predicted octanol–water partition coefficient (Wildman–Crippen LogP) is 2.94. The van der Waals surface area contributed by atoms with E-state index in [0.717, 1.165) is 0 Å². The lowest BCUT2D eigenvalue weighted by molar-refractivity contribution is 0.0814. The summed E-state index contributed by atoms with van der Waals surface area (Å²) in [6.07, 6.45) is -0.723. The Labute approximate surface area is 141 Å². The monoisotopic (exact) mass is 331 g/mol. The van der Waals surface area contributed by atoms with Crippen molar-refractivity contribution in [3.05, 3.63) is 42.0 Å². The lowest BCUT2D eigenvalue weighted by Gasteiger charge is -2.18. The fourth-order valence-corrected chi connectivity index (χ4v) is 2.36. The number of ketones is 1. The number of hydrogen-bond acceptors (Lipinski definition) is 6. The summed E-state index contributed by atoms with van der Waals surface area (Å²) < 4.78 is 21.6. The molecule has 1 unspecified atom stereocenters. The van der Waals surface area contributed by atoms with Gasteiger partial charge in [0.25, 0.3) is 0 Å². The van der Waals surface area contributed by atoms with Crippen molar-refractivity contribution in [2.24, 2.45) is 0 Å². The molecule has 6 heteroatoms. The lowest BCUT2D eigenvalue weighted by atomic mass is 10.0. The van der Waals surface area contributed by atoms with Crippen LogP contribution in [0, 0.1) is 0 Å². The highest BCUT2D eigenvalue weighted by molar-refractivity contribution is 6.02. The van der Waals surface area contributed by atoms with Gasteiger partial charge in [-0.05, 0) is 31.2 Å². The molecule has 2 aromatic rings. The van der Waals surface area contributed by atoms with E-state index in [-0.39, 0.29) is 5.78 Å². The molecule has 6 nitrogen and oxygen atoms in total. The molecule has 0 saturated carbocycles. The number of rotatable bonds is 7. The molecule has 0 bridgehead atoms. The predicted molar refractivity (Wildman–Crippen MR) is 91.4 cm³/mol. The SMILES string of the molecule is COc1ccc(C(=O)C(C)Oc2cccc(N)c2)c(OC)c1OC. The van der Waals surface area contributed by atoms with Crippen LogP contribution in [0.2, 0.25) is 0 Å². The number of Topliss-reactive ketones (excluding diaryl/α,β-unsaturated/α-hetero) is 1. The number of hydrogen-bond donors (Lipinski definition) is 1. The number of carbonyl (C=O) groups excluding carboxylic acids is 1. The van der Waals surface area contributed by atoms with Crippen LogP contribution in [-0.2, 0) is 0 Å². The van der Waals surface area contributed by atoms with E-state index in [4.69, 9.17) is 24.7 Å². The molecule has 0 aliphatic heterocycles. The maximum absolute atomic E-state index is 12.7. The summed E-state index contributed by atoms with van der Waals surface area (Å²) in [4.78, 5) is 12.7. The molecule has 24 heavy (non-hydrogen) atoms. The Hall–Kier alpha value is -2.89. The lowest BCUT2D eigenvalue weighted by Crippen LogP contribution is -2.24.